The number of carbonyl (C=O) groups excluding carboxylic acids is 1. The number of hydrogen-bond acceptors (Lipinski definition) is 3. The van der Waals surface area contributed by atoms with Crippen LogP contribution < -0.4 is 0 Å². The summed E-state index contributed by atoms with van der Waals surface area (Å²) in [7, 11) is 3.04. The SMILES string of the molecule is C#CC(=O)CCC(OC)OC. The van der Waals surface area contributed by atoms with Gasteiger partial charge in [-0.05, 0) is 5.92 Å². The topological polar surface area (TPSA) is 35.5 Å². The molecule has 0 bridgehead atoms. The van der Waals surface area contributed by atoms with Crippen LogP contribution in [-0.2, 0) is 14.3 Å². The second-order valence-corrected chi connectivity index (χ2v) is 2.01. The summed E-state index contributed by atoms with van der Waals surface area (Å²) in [6.07, 6.45) is 5.35. The van der Waals surface area contributed by atoms with Gasteiger partial charge in [-0.15, -0.1) is 6.42 Å². The first-order chi connectivity index (χ1) is 5.24. The molecule has 0 aliphatic heterocycles. The summed E-state index contributed by atoms with van der Waals surface area (Å²) in [4.78, 5) is 10.6. The molecule has 3 nitrogen and oxygen atoms in total. The van der Waals surface area contributed by atoms with Gasteiger partial charge in [0.2, 0.25) is 5.78 Å². The number of rotatable bonds is 5. The molecular weight excluding hydrogens is 144 g/mol. The third-order valence-corrected chi connectivity index (χ3v) is 1.29. The van der Waals surface area contributed by atoms with Crippen LogP contribution in [0.15, 0.2) is 0 Å². The highest BCUT2D eigenvalue weighted by molar-refractivity contribution is 5.94. The zero-order valence-electron chi connectivity index (χ0n) is 6.79. The van der Waals surface area contributed by atoms with Crippen molar-refractivity contribution in [3.63, 3.8) is 0 Å². The average Bonchev–Trinajstić information content (AvgIpc) is 2.06. The molecule has 0 aromatic heterocycles. The maximum Gasteiger partial charge on any atom is 0.205 e. The molecule has 0 aromatic rings. The summed E-state index contributed by atoms with van der Waals surface area (Å²) in [5.41, 5.74) is 0. The van der Waals surface area contributed by atoms with Gasteiger partial charge in [0.25, 0.3) is 0 Å². The van der Waals surface area contributed by atoms with Crippen molar-refractivity contribution in [3.8, 4) is 12.3 Å². The Morgan fingerprint density at radius 1 is 1.55 bits per heavy atom. The molecule has 0 aliphatic carbocycles. The third kappa shape index (κ3) is 4.54. The molecule has 62 valence electrons. The van der Waals surface area contributed by atoms with Gasteiger partial charge < -0.3 is 9.47 Å². The number of terminal acetylenes is 1. The second-order valence-electron chi connectivity index (χ2n) is 2.01. The van der Waals surface area contributed by atoms with Gasteiger partial charge >= 0.3 is 0 Å². The minimum Gasteiger partial charge on any atom is -0.356 e. The number of ketones is 1. The van der Waals surface area contributed by atoms with Crippen molar-refractivity contribution >= 4 is 5.78 Å². The van der Waals surface area contributed by atoms with Crippen molar-refractivity contribution in [3.05, 3.63) is 0 Å². The van der Waals surface area contributed by atoms with Crippen molar-refractivity contribution in [1.82, 2.24) is 0 Å². The van der Waals surface area contributed by atoms with Crippen LogP contribution in [0.25, 0.3) is 0 Å². The molecule has 0 spiro atoms. The van der Waals surface area contributed by atoms with Crippen LogP contribution in [0.4, 0.5) is 0 Å². The number of Topliss-reactive ketones (excluding diaryl/α,β-unsaturated/α-hetero) is 1. The van der Waals surface area contributed by atoms with E-state index >= 15 is 0 Å². The van der Waals surface area contributed by atoms with Gasteiger partial charge in [-0.2, -0.15) is 0 Å². The van der Waals surface area contributed by atoms with Gasteiger partial charge in [-0.1, -0.05) is 0 Å². The van der Waals surface area contributed by atoms with Crippen molar-refractivity contribution in [1.29, 1.82) is 0 Å². The predicted octanol–water partition coefficient (Wildman–Crippen LogP) is 0.588. The van der Waals surface area contributed by atoms with Crippen molar-refractivity contribution in [2.24, 2.45) is 0 Å². The highest BCUT2D eigenvalue weighted by atomic mass is 16.7. The van der Waals surface area contributed by atoms with Crippen LogP contribution in [0.2, 0.25) is 0 Å². The largest absolute Gasteiger partial charge is 0.356 e. The number of carbonyl (C=O) groups is 1. The molecule has 0 aromatic carbocycles. The first-order valence-corrected chi connectivity index (χ1v) is 3.29. The first-order valence-electron chi connectivity index (χ1n) is 3.29. The zero-order valence-corrected chi connectivity index (χ0v) is 6.79. The van der Waals surface area contributed by atoms with E-state index in [0.29, 0.717) is 12.8 Å². The molecule has 0 amide bonds. The second kappa shape index (κ2) is 5.90. The van der Waals surface area contributed by atoms with Crippen LogP contribution in [0, 0.1) is 12.3 Å². The molecule has 11 heavy (non-hydrogen) atoms. The lowest BCUT2D eigenvalue weighted by Crippen LogP contribution is -2.14. The standard InChI is InChI=1S/C8H12O3/c1-4-7(9)5-6-8(10-2)11-3/h1,8H,5-6H2,2-3H3. The predicted molar refractivity (Wildman–Crippen MR) is 40.9 cm³/mol. The average molecular weight is 156 g/mol. The maximum absolute atomic E-state index is 10.6. The molecule has 0 atom stereocenters. The van der Waals surface area contributed by atoms with E-state index in [0.717, 1.165) is 0 Å². The lowest BCUT2D eigenvalue weighted by atomic mass is 10.2. The molecule has 0 saturated carbocycles. The molecule has 0 N–H and O–H groups in total. The molecule has 0 aliphatic rings. The van der Waals surface area contributed by atoms with E-state index in [9.17, 15) is 4.79 Å². The normalized spacial score (nSPS) is 9.64. The van der Waals surface area contributed by atoms with Crippen molar-refractivity contribution in [2.75, 3.05) is 14.2 Å². The van der Waals surface area contributed by atoms with E-state index in [1.807, 2.05) is 5.92 Å². The molecule has 0 rings (SSSR count). The summed E-state index contributed by atoms with van der Waals surface area (Å²) in [6.45, 7) is 0. The van der Waals surface area contributed by atoms with Gasteiger partial charge in [0.15, 0.2) is 6.29 Å². The summed E-state index contributed by atoms with van der Waals surface area (Å²) >= 11 is 0. The highest BCUT2D eigenvalue weighted by Gasteiger charge is 2.06. The summed E-state index contributed by atoms with van der Waals surface area (Å²) in [5, 5.41) is 0. The maximum atomic E-state index is 10.6. The number of hydrogen-bond donors (Lipinski definition) is 0. The van der Waals surface area contributed by atoms with E-state index in [1.165, 1.54) is 14.2 Å². The minimum absolute atomic E-state index is 0.218. The van der Waals surface area contributed by atoms with E-state index in [4.69, 9.17) is 15.9 Å². The minimum atomic E-state index is -0.327. The first kappa shape index (κ1) is 10.2. The molecule has 0 saturated heterocycles. The Morgan fingerprint density at radius 3 is 2.45 bits per heavy atom. The lowest BCUT2D eigenvalue weighted by molar-refractivity contribution is -0.122. The van der Waals surface area contributed by atoms with Crippen LogP contribution in [0.3, 0.4) is 0 Å². The van der Waals surface area contributed by atoms with E-state index in [-0.39, 0.29) is 12.1 Å². The summed E-state index contributed by atoms with van der Waals surface area (Å²) in [6, 6.07) is 0. The monoisotopic (exact) mass is 156 g/mol. The van der Waals surface area contributed by atoms with Crippen LogP contribution in [0.5, 0.6) is 0 Å². The fourth-order valence-electron chi connectivity index (χ4n) is 0.653. The van der Waals surface area contributed by atoms with Crippen LogP contribution in [0.1, 0.15) is 12.8 Å². The van der Waals surface area contributed by atoms with Crippen LogP contribution >= 0.6 is 0 Å². The Kier molecular flexibility index (Phi) is 5.44. The molecular formula is C8H12O3. The molecule has 0 radical (unpaired) electrons. The van der Waals surface area contributed by atoms with Gasteiger partial charge in [0.1, 0.15) is 0 Å². The number of ether oxygens (including phenoxy) is 2. The van der Waals surface area contributed by atoms with E-state index in [1.54, 1.807) is 0 Å². The Morgan fingerprint density at radius 2 is 2.09 bits per heavy atom. The molecule has 0 unspecified atom stereocenters. The van der Waals surface area contributed by atoms with Crippen molar-refractivity contribution in [2.45, 2.75) is 19.1 Å². The fourth-order valence-corrected chi connectivity index (χ4v) is 0.653. The highest BCUT2D eigenvalue weighted by Crippen LogP contribution is 2.01. The molecule has 3 heteroatoms. The van der Waals surface area contributed by atoms with Gasteiger partial charge in [-0.25, -0.2) is 0 Å². The Bertz CT molecular complexity index is 153. The lowest BCUT2D eigenvalue weighted by Gasteiger charge is -2.10. The van der Waals surface area contributed by atoms with Gasteiger partial charge in [0, 0.05) is 27.1 Å². The smallest absolute Gasteiger partial charge is 0.205 e. The Labute approximate surface area is 66.7 Å². The Balaban J connectivity index is 3.52. The summed E-state index contributed by atoms with van der Waals surface area (Å²) < 4.78 is 9.70. The molecule has 0 heterocycles. The fraction of sp³-hybridized carbons (Fsp3) is 0.625. The van der Waals surface area contributed by atoms with Crippen molar-refractivity contribution < 1.29 is 14.3 Å². The van der Waals surface area contributed by atoms with Crippen LogP contribution in [-0.4, -0.2) is 26.3 Å². The van der Waals surface area contributed by atoms with E-state index < -0.39 is 0 Å². The number of methoxy groups -OCH3 is 2. The van der Waals surface area contributed by atoms with Gasteiger partial charge in [-0.3, -0.25) is 4.79 Å². The van der Waals surface area contributed by atoms with Gasteiger partial charge in [0.05, 0.1) is 0 Å². The summed E-state index contributed by atoms with van der Waals surface area (Å²) in [5.74, 6) is 1.80. The quantitative estimate of drug-likeness (QED) is 0.332. The zero-order chi connectivity index (χ0) is 8.69. The molecule has 0 fully saturated rings. The third-order valence-electron chi connectivity index (χ3n) is 1.29. The van der Waals surface area contributed by atoms with E-state index in [2.05, 4.69) is 0 Å². The Hall–Kier alpha value is -0.850.